The van der Waals surface area contributed by atoms with Gasteiger partial charge >= 0.3 is 0 Å². The van der Waals surface area contributed by atoms with Gasteiger partial charge in [-0.1, -0.05) is 12.1 Å². The molecule has 1 aromatic carbocycles. The molecule has 1 fully saturated rings. The van der Waals surface area contributed by atoms with Crippen molar-refractivity contribution in [3.8, 4) is 0 Å². The molecule has 1 heterocycles. The van der Waals surface area contributed by atoms with Gasteiger partial charge in [-0.15, -0.1) is 0 Å². The average Bonchev–Trinajstić information content (AvgIpc) is 2.55. The highest BCUT2D eigenvalue weighted by Crippen LogP contribution is 2.23. The molecule has 0 spiro atoms. The van der Waals surface area contributed by atoms with Crippen molar-refractivity contribution in [3.05, 3.63) is 24.3 Å². The van der Waals surface area contributed by atoms with Gasteiger partial charge < -0.3 is 10.6 Å². The number of hydrazone groups is 1. The molecule has 114 valence electrons. The first kappa shape index (κ1) is 15.5. The Morgan fingerprint density at radius 2 is 2.29 bits per heavy atom. The Balaban J connectivity index is 1.98. The summed E-state index contributed by atoms with van der Waals surface area (Å²) in [6.45, 7) is 4.80. The minimum atomic E-state index is 0.459. The van der Waals surface area contributed by atoms with Crippen LogP contribution in [0.25, 0.3) is 0 Å². The quantitative estimate of drug-likeness (QED) is 0.624. The maximum absolute atomic E-state index is 4.57. The van der Waals surface area contributed by atoms with Crippen LogP contribution in [-0.2, 0) is 0 Å². The predicted molar refractivity (Wildman–Crippen MR) is 90.9 cm³/mol. The van der Waals surface area contributed by atoms with Crippen molar-refractivity contribution in [2.45, 2.75) is 25.8 Å². The van der Waals surface area contributed by atoms with Gasteiger partial charge in [-0.05, 0) is 38.4 Å². The Bertz CT molecular complexity index is 477. The number of piperidine rings is 1. The Morgan fingerprint density at radius 1 is 1.43 bits per heavy atom. The molecule has 1 aromatic rings. The lowest BCUT2D eigenvalue weighted by molar-refractivity contribution is 0.198. The van der Waals surface area contributed by atoms with E-state index in [9.17, 15) is 0 Å². The van der Waals surface area contributed by atoms with Crippen molar-refractivity contribution in [2.75, 3.05) is 32.0 Å². The Kier molecular flexibility index (Phi) is 6.22. The number of nitrogens with zero attached hydrogens (tertiary/aromatic N) is 3. The number of nitrogens with one attached hydrogen (secondary N) is 2. The molecule has 0 saturated carbocycles. The summed E-state index contributed by atoms with van der Waals surface area (Å²) in [6.07, 6.45) is 6.19. The SMILES string of the molecule is C/C=N\N(C/C=N\c1ccccc1NC)C1CCCNC1. The van der Waals surface area contributed by atoms with Gasteiger partial charge in [0.1, 0.15) is 0 Å². The second-order valence-electron chi connectivity index (χ2n) is 5.07. The molecular formula is C16H25N5. The maximum atomic E-state index is 4.57. The molecule has 1 unspecified atom stereocenters. The molecule has 0 amide bonds. The zero-order valence-electron chi connectivity index (χ0n) is 12.9. The molecule has 1 aliphatic heterocycles. The number of hydrogen-bond donors (Lipinski definition) is 2. The largest absolute Gasteiger partial charge is 0.386 e. The predicted octanol–water partition coefficient (Wildman–Crippen LogP) is 2.49. The van der Waals surface area contributed by atoms with Crippen molar-refractivity contribution in [1.82, 2.24) is 10.3 Å². The monoisotopic (exact) mass is 287 g/mol. The van der Waals surface area contributed by atoms with Crippen LogP contribution in [0.2, 0.25) is 0 Å². The van der Waals surface area contributed by atoms with Gasteiger partial charge in [0.2, 0.25) is 0 Å². The number of hydrogen-bond acceptors (Lipinski definition) is 5. The van der Waals surface area contributed by atoms with Gasteiger partial charge in [0, 0.05) is 26.0 Å². The lowest BCUT2D eigenvalue weighted by Gasteiger charge is -2.31. The first-order valence-electron chi connectivity index (χ1n) is 7.60. The lowest BCUT2D eigenvalue weighted by atomic mass is 10.1. The van der Waals surface area contributed by atoms with Crippen molar-refractivity contribution in [3.63, 3.8) is 0 Å². The highest BCUT2D eigenvalue weighted by molar-refractivity contribution is 5.73. The maximum Gasteiger partial charge on any atom is 0.0857 e. The third-order valence-corrected chi connectivity index (χ3v) is 3.63. The zero-order chi connectivity index (χ0) is 14.9. The van der Waals surface area contributed by atoms with Crippen LogP contribution < -0.4 is 10.6 Å². The van der Waals surface area contributed by atoms with E-state index < -0.39 is 0 Å². The second-order valence-corrected chi connectivity index (χ2v) is 5.07. The average molecular weight is 287 g/mol. The summed E-state index contributed by atoms with van der Waals surface area (Å²) >= 11 is 0. The van der Waals surface area contributed by atoms with E-state index in [1.807, 2.05) is 50.7 Å². The van der Waals surface area contributed by atoms with E-state index in [0.717, 1.165) is 31.0 Å². The number of rotatable bonds is 6. The third kappa shape index (κ3) is 4.56. The summed E-state index contributed by atoms with van der Waals surface area (Å²) in [6, 6.07) is 8.51. The first-order valence-corrected chi connectivity index (χ1v) is 7.60. The van der Waals surface area contributed by atoms with E-state index in [-0.39, 0.29) is 0 Å². The van der Waals surface area contributed by atoms with Crippen LogP contribution in [0.1, 0.15) is 19.8 Å². The van der Waals surface area contributed by atoms with Crippen LogP contribution in [0.4, 0.5) is 11.4 Å². The topological polar surface area (TPSA) is 52.0 Å². The normalized spacial score (nSPS) is 19.2. The van der Waals surface area contributed by atoms with Gasteiger partial charge in [0.05, 0.1) is 24.0 Å². The molecule has 5 nitrogen and oxygen atoms in total. The molecule has 1 atom stereocenters. The molecule has 0 bridgehead atoms. The molecule has 2 N–H and O–H groups in total. The fourth-order valence-corrected chi connectivity index (χ4v) is 2.55. The number of benzene rings is 1. The van der Waals surface area contributed by atoms with Crippen molar-refractivity contribution < 1.29 is 0 Å². The summed E-state index contributed by atoms with van der Waals surface area (Å²) in [7, 11) is 1.91. The van der Waals surface area contributed by atoms with Crippen LogP contribution >= 0.6 is 0 Å². The van der Waals surface area contributed by atoms with E-state index in [4.69, 9.17) is 0 Å². The number of aliphatic imine (C=N–C) groups is 1. The Morgan fingerprint density at radius 3 is 3.00 bits per heavy atom. The molecule has 2 rings (SSSR count). The minimum Gasteiger partial charge on any atom is -0.386 e. The van der Waals surface area contributed by atoms with Crippen LogP contribution in [-0.4, -0.2) is 50.2 Å². The fourth-order valence-electron chi connectivity index (χ4n) is 2.55. The Labute approximate surface area is 127 Å². The van der Waals surface area contributed by atoms with E-state index in [1.165, 1.54) is 12.8 Å². The van der Waals surface area contributed by atoms with Gasteiger partial charge in [-0.2, -0.15) is 5.10 Å². The van der Waals surface area contributed by atoms with Gasteiger partial charge in [0.25, 0.3) is 0 Å². The van der Waals surface area contributed by atoms with Crippen LogP contribution in [0.5, 0.6) is 0 Å². The summed E-state index contributed by atoms with van der Waals surface area (Å²) < 4.78 is 0. The van der Waals surface area contributed by atoms with E-state index in [2.05, 4.69) is 25.7 Å². The second kappa shape index (κ2) is 8.42. The molecular weight excluding hydrogens is 262 g/mol. The van der Waals surface area contributed by atoms with Crippen molar-refractivity contribution in [1.29, 1.82) is 0 Å². The number of para-hydroxylation sites is 2. The van der Waals surface area contributed by atoms with Crippen LogP contribution in [0.3, 0.4) is 0 Å². The summed E-state index contributed by atoms with van der Waals surface area (Å²) in [5.74, 6) is 0. The molecule has 21 heavy (non-hydrogen) atoms. The van der Waals surface area contributed by atoms with E-state index >= 15 is 0 Å². The van der Waals surface area contributed by atoms with Crippen LogP contribution in [0.15, 0.2) is 34.4 Å². The highest BCUT2D eigenvalue weighted by Gasteiger charge is 2.18. The number of anilines is 1. The molecule has 1 saturated heterocycles. The lowest BCUT2D eigenvalue weighted by Crippen LogP contribution is -2.44. The van der Waals surface area contributed by atoms with Crippen LogP contribution in [0, 0.1) is 0 Å². The fraction of sp³-hybridized carbons (Fsp3) is 0.500. The molecule has 5 heteroatoms. The standard InChI is InChI=1S/C16H25N5/c1-3-20-21(14-7-6-10-18-13-14)12-11-19-16-9-5-4-8-15(16)17-2/h3-5,8-9,11,14,17-18H,6-7,10,12-13H2,1-2H3/b19-11-,20-3-. The third-order valence-electron chi connectivity index (χ3n) is 3.63. The summed E-state index contributed by atoms with van der Waals surface area (Å²) in [4.78, 5) is 4.57. The van der Waals surface area contributed by atoms with E-state index in [1.54, 1.807) is 0 Å². The van der Waals surface area contributed by atoms with Crippen molar-refractivity contribution in [2.24, 2.45) is 10.1 Å². The molecule has 0 radical (unpaired) electrons. The summed E-state index contributed by atoms with van der Waals surface area (Å²) in [5, 5.41) is 13.2. The van der Waals surface area contributed by atoms with Crippen molar-refractivity contribution >= 4 is 23.8 Å². The zero-order valence-corrected chi connectivity index (χ0v) is 12.9. The first-order chi connectivity index (χ1) is 10.3. The molecule has 0 aromatic heterocycles. The Hall–Kier alpha value is -1.88. The van der Waals surface area contributed by atoms with E-state index in [0.29, 0.717) is 6.04 Å². The smallest absolute Gasteiger partial charge is 0.0857 e. The molecule has 1 aliphatic rings. The summed E-state index contributed by atoms with van der Waals surface area (Å²) in [5.41, 5.74) is 2.00. The van der Waals surface area contributed by atoms with Gasteiger partial charge in [0.15, 0.2) is 0 Å². The van der Waals surface area contributed by atoms with Gasteiger partial charge in [-0.25, -0.2) is 0 Å². The minimum absolute atomic E-state index is 0.459. The highest BCUT2D eigenvalue weighted by atomic mass is 15.5. The van der Waals surface area contributed by atoms with Gasteiger partial charge in [-0.3, -0.25) is 10.0 Å². The molecule has 0 aliphatic carbocycles.